The molecule has 1 amide bonds. The standard InChI is InChI=1S/C26H24ClN3O3/c1-17-3-4-18(2)22(13-17)32-25-11-5-19(15-29-25)14-28-24(31)10-12-26-30-16-23(33-26)20-6-8-21(27)9-7-20/h3-9,11,13,15-16H,10,12,14H2,1-2H3,(H,28,31). The zero-order valence-corrected chi connectivity index (χ0v) is 19.2. The zero-order valence-electron chi connectivity index (χ0n) is 18.5. The summed E-state index contributed by atoms with van der Waals surface area (Å²) in [6, 6.07) is 17.1. The fourth-order valence-corrected chi connectivity index (χ4v) is 3.31. The van der Waals surface area contributed by atoms with Crippen molar-refractivity contribution in [3.63, 3.8) is 0 Å². The molecule has 0 aliphatic carbocycles. The van der Waals surface area contributed by atoms with Crippen LogP contribution in [0.1, 0.15) is 29.0 Å². The number of halogens is 1. The minimum absolute atomic E-state index is 0.0862. The summed E-state index contributed by atoms with van der Waals surface area (Å²) in [5.74, 6) is 2.38. The van der Waals surface area contributed by atoms with Gasteiger partial charge in [-0.3, -0.25) is 4.79 Å². The van der Waals surface area contributed by atoms with Crippen LogP contribution in [0, 0.1) is 13.8 Å². The summed E-state index contributed by atoms with van der Waals surface area (Å²) in [4.78, 5) is 20.8. The Morgan fingerprint density at radius 2 is 1.85 bits per heavy atom. The number of carbonyl (C=O) groups excluding carboxylic acids is 1. The Morgan fingerprint density at radius 1 is 1.03 bits per heavy atom. The van der Waals surface area contributed by atoms with E-state index in [0.717, 1.165) is 28.0 Å². The molecule has 2 heterocycles. The van der Waals surface area contributed by atoms with Crippen LogP contribution in [0.15, 0.2) is 71.4 Å². The van der Waals surface area contributed by atoms with E-state index in [9.17, 15) is 4.79 Å². The fourth-order valence-electron chi connectivity index (χ4n) is 3.19. The molecule has 0 saturated carbocycles. The van der Waals surface area contributed by atoms with Crippen LogP contribution in [0.25, 0.3) is 11.3 Å². The lowest BCUT2D eigenvalue weighted by Crippen LogP contribution is -2.23. The quantitative estimate of drug-likeness (QED) is 0.345. The van der Waals surface area contributed by atoms with Gasteiger partial charge < -0.3 is 14.5 Å². The number of nitrogens with one attached hydrogen (secondary N) is 1. The molecule has 0 saturated heterocycles. The number of aromatic nitrogens is 2. The highest BCUT2D eigenvalue weighted by atomic mass is 35.5. The third-order valence-electron chi connectivity index (χ3n) is 5.09. The fraction of sp³-hybridized carbons (Fsp3) is 0.192. The molecule has 2 aromatic heterocycles. The van der Waals surface area contributed by atoms with E-state index in [1.54, 1.807) is 30.6 Å². The van der Waals surface area contributed by atoms with E-state index in [4.69, 9.17) is 20.8 Å². The van der Waals surface area contributed by atoms with Crippen LogP contribution >= 0.6 is 11.6 Å². The van der Waals surface area contributed by atoms with Crippen LogP contribution in [0.2, 0.25) is 5.02 Å². The summed E-state index contributed by atoms with van der Waals surface area (Å²) in [6.45, 7) is 4.40. The van der Waals surface area contributed by atoms with Crippen molar-refractivity contribution >= 4 is 17.5 Å². The molecule has 0 spiro atoms. The Labute approximate surface area is 197 Å². The van der Waals surface area contributed by atoms with Gasteiger partial charge in [0.15, 0.2) is 11.7 Å². The molecule has 4 aromatic rings. The second kappa shape index (κ2) is 10.3. The van der Waals surface area contributed by atoms with Gasteiger partial charge in [0, 0.05) is 42.2 Å². The Bertz CT molecular complexity index is 1230. The maximum absolute atomic E-state index is 12.2. The molecule has 1 N–H and O–H groups in total. The first-order valence-corrected chi connectivity index (χ1v) is 11.0. The van der Waals surface area contributed by atoms with E-state index in [0.29, 0.717) is 35.5 Å². The molecule has 0 atom stereocenters. The first kappa shape index (κ1) is 22.6. The number of benzene rings is 2. The van der Waals surface area contributed by atoms with Gasteiger partial charge in [0.25, 0.3) is 0 Å². The molecule has 0 radical (unpaired) electrons. The molecule has 6 nitrogen and oxygen atoms in total. The molecule has 7 heteroatoms. The average Bonchev–Trinajstić information content (AvgIpc) is 3.29. The lowest BCUT2D eigenvalue weighted by molar-refractivity contribution is -0.121. The van der Waals surface area contributed by atoms with Gasteiger partial charge in [-0.2, -0.15) is 0 Å². The van der Waals surface area contributed by atoms with Gasteiger partial charge >= 0.3 is 0 Å². The van der Waals surface area contributed by atoms with Crippen LogP contribution in [0.3, 0.4) is 0 Å². The Hall–Kier alpha value is -3.64. The maximum atomic E-state index is 12.2. The first-order chi connectivity index (χ1) is 16.0. The summed E-state index contributed by atoms with van der Waals surface area (Å²) in [5.41, 5.74) is 3.95. The van der Waals surface area contributed by atoms with E-state index < -0.39 is 0 Å². The normalized spacial score (nSPS) is 10.8. The highest BCUT2D eigenvalue weighted by Gasteiger charge is 2.10. The smallest absolute Gasteiger partial charge is 0.220 e. The van der Waals surface area contributed by atoms with Crippen LogP contribution in [-0.4, -0.2) is 15.9 Å². The van der Waals surface area contributed by atoms with Gasteiger partial charge in [-0.05, 0) is 60.9 Å². The van der Waals surface area contributed by atoms with Crippen molar-refractivity contribution in [1.29, 1.82) is 0 Å². The van der Waals surface area contributed by atoms with Gasteiger partial charge in [-0.15, -0.1) is 0 Å². The lowest BCUT2D eigenvalue weighted by Gasteiger charge is -2.09. The summed E-state index contributed by atoms with van der Waals surface area (Å²) in [6.07, 6.45) is 4.05. The first-order valence-electron chi connectivity index (χ1n) is 10.6. The predicted molar refractivity (Wildman–Crippen MR) is 127 cm³/mol. The number of nitrogens with zero attached hydrogens (tertiary/aromatic N) is 2. The lowest BCUT2D eigenvalue weighted by atomic mass is 10.1. The summed E-state index contributed by atoms with van der Waals surface area (Å²) in [7, 11) is 0. The molecule has 4 rings (SSSR count). The minimum Gasteiger partial charge on any atom is -0.441 e. The van der Waals surface area contributed by atoms with E-state index >= 15 is 0 Å². The van der Waals surface area contributed by atoms with Gasteiger partial charge in [-0.1, -0.05) is 29.8 Å². The van der Waals surface area contributed by atoms with Crippen molar-refractivity contribution in [2.45, 2.75) is 33.2 Å². The van der Waals surface area contributed by atoms with Crippen molar-refractivity contribution in [1.82, 2.24) is 15.3 Å². The van der Waals surface area contributed by atoms with Crippen LogP contribution in [0.5, 0.6) is 11.6 Å². The summed E-state index contributed by atoms with van der Waals surface area (Å²) >= 11 is 5.91. The molecule has 33 heavy (non-hydrogen) atoms. The molecule has 0 bridgehead atoms. The number of carbonyl (C=O) groups is 1. The Kier molecular flexibility index (Phi) is 7.05. The monoisotopic (exact) mass is 461 g/mol. The topological polar surface area (TPSA) is 77.2 Å². The largest absolute Gasteiger partial charge is 0.441 e. The molecular formula is C26H24ClN3O3. The van der Waals surface area contributed by atoms with Crippen molar-refractivity contribution < 1.29 is 13.9 Å². The number of amides is 1. The highest BCUT2D eigenvalue weighted by Crippen LogP contribution is 2.25. The molecule has 0 unspecified atom stereocenters. The number of ether oxygens (including phenoxy) is 1. The number of rotatable bonds is 8. The molecular weight excluding hydrogens is 438 g/mol. The van der Waals surface area contributed by atoms with E-state index in [-0.39, 0.29) is 12.3 Å². The Morgan fingerprint density at radius 3 is 2.61 bits per heavy atom. The Balaban J connectivity index is 1.24. The number of pyridine rings is 1. The second-order valence-electron chi connectivity index (χ2n) is 7.78. The van der Waals surface area contributed by atoms with Crippen molar-refractivity contribution in [3.8, 4) is 23.0 Å². The van der Waals surface area contributed by atoms with E-state index in [2.05, 4.69) is 15.3 Å². The average molecular weight is 462 g/mol. The minimum atomic E-state index is -0.0862. The van der Waals surface area contributed by atoms with Crippen LogP contribution < -0.4 is 10.1 Å². The molecule has 2 aromatic carbocycles. The molecule has 0 aliphatic rings. The summed E-state index contributed by atoms with van der Waals surface area (Å²) in [5, 5.41) is 3.56. The number of hydrogen-bond acceptors (Lipinski definition) is 5. The van der Waals surface area contributed by atoms with Gasteiger partial charge in [0.1, 0.15) is 5.75 Å². The van der Waals surface area contributed by atoms with Crippen LogP contribution in [-0.2, 0) is 17.8 Å². The number of oxazole rings is 1. The number of hydrogen-bond donors (Lipinski definition) is 1. The molecule has 0 fully saturated rings. The maximum Gasteiger partial charge on any atom is 0.220 e. The third kappa shape index (κ3) is 6.20. The highest BCUT2D eigenvalue weighted by molar-refractivity contribution is 6.30. The summed E-state index contributed by atoms with van der Waals surface area (Å²) < 4.78 is 11.6. The van der Waals surface area contributed by atoms with Crippen LogP contribution in [0.4, 0.5) is 0 Å². The SMILES string of the molecule is Cc1ccc(C)c(Oc2ccc(CNC(=O)CCc3ncc(-c4ccc(Cl)cc4)o3)cn2)c1. The van der Waals surface area contributed by atoms with Crippen molar-refractivity contribution in [2.75, 3.05) is 0 Å². The van der Waals surface area contributed by atoms with Gasteiger partial charge in [-0.25, -0.2) is 9.97 Å². The number of aryl methyl sites for hydroxylation is 3. The van der Waals surface area contributed by atoms with E-state index in [1.807, 2.05) is 50.2 Å². The van der Waals surface area contributed by atoms with Crippen molar-refractivity contribution in [2.24, 2.45) is 0 Å². The second-order valence-corrected chi connectivity index (χ2v) is 8.21. The molecule has 168 valence electrons. The predicted octanol–water partition coefficient (Wildman–Crippen LogP) is 6.05. The van der Waals surface area contributed by atoms with Gasteiger partial charge in [0.2, 0.25) is 11.8 Å². The van der Waals surface area contributed by atoms with Gasteiger partial charge in [0.05, 0.1) is 6.20 Å². The zero-order chi connectivity index (χ0) is 23.2. The van der Waals surface area contributed by atoms with Crippen molar-refractivity contribution in [3.05, 3.63) is 94.6 Å². The third-order valence-corrected chi connectivity index (χ3v) is 5.35. The molecule has 0 aliphatic heterocycles. The van der Waals surface area contributed by atoms with E-state index in [1.165, 1.54) is 0 Å².